The minimum Gasteiger partial charge on any atom is -0.394 e. The van der Waals surface area contributed by atoms with E-state index in [9.17, 15) is 20.1 Å². The Kier molecular flexibility index (Phi) is 52.9. The van der Waals surface area contributed by atoms with Gasteiger partial charge in [-0.15, -0.1) is 0 Å². The summed E-state index contributed by atoms with van der Waals surface area (Å²) in [5.74, 6) is -0.495. The quantitative estimate of drug-likeness (QED) is 0.0362. The van der Waals surface area contributed by atoms with E-state index in [-0.39, 0.29) is 6.61 Å². The van der Waals surface area contributed by atoms with Crippen LogP contribution in [-0.4, -0.2) is 46.1 Å². The highest BCUT2D eigenvalue weighted by Gasteiger charge is 2.22. The van der Waals surface area contributed by atoms with Gasteiger partial charge in [0, 0.05) is 0 Å². The molecule has 3 unspecified atom stereocenters. The topological polar surface area (TPSA) is 89.8 Å². The molecule has 0 aromatic rings. The number of carbonyl (C=O) groups excluding carboxylic acids is 1. The van der Waals surface area contributed by atoms with Gasteiger partial charge in [0.15, 0.2) is 0 Å². The van der Waals surface area contributed by atoms with Crippen molar-refractivity contribution >= 4 is 5.91 Å². The summed E-state index contributed by atoms with van der Waals surface area (Å²) in [6.45, 7) is 4.23. The molecule has 0 aliphatic carbocycles. The summed E-state index contributed by atoms with van der Waals surface area (Å²) in [6.07, 6.45) is 67.3. The Hall–Kier alpha value is -0.910. The molecule has 0 heterocycles. The summed E-state index contributed by atoms with van der Waals surface area (Å²) in [7, 11) is 0. The van der Waals surface area contributed by atoms with Gasteiger partial charge < -0.3 is 20.6 Å². The molecule has 0 fully saturated rings. The van der Waals surface area contributed by atoms with E-state index in [0.717, 1.165) is 32.1 Å². The van der Waals surface area contributed by atoms with Crippen LogP contribution in [-0.2, 0) is 4.79 Å². The Morgan fingerprint density at radius 2 is 0.619 bits per heavy atom. The third-order valence-corrected chi connectivity index (χ3v) is 13.9. The molecule has 63 heavy (non-hydrogen) atoms. The van der Waals surface area contributed by atoms with Gasteiger partial charge in [0.2, 0.25) is 5.91 Å². The smallest absolute Gasteiger partial charge is 0.249 e. The summed E-state index contributed by atoms with van der Waals surface area (Å²) < 4.78 is 0. The van der Waals surface area contributed by atoms with Crippen LogP contribution in [0.4, 0.5) is 0 Å². The van der Waals surface area contributed by atoms with E-state index in [1.807, 2.05) is 6.08 Å². The molecule has 0 saturated carbocycles. The Bertz CT molecular complexity index is 894. The molecule has 0 rings (SSSR count). The largest absolute Gasteiger partial charge is 0.394 e. The third-order valence-electron chi connectivity index (χ3n) is 13.9. The van der Waals surface area contributed by atoms with Gasteiger partial charge in [-0.1, -0.05) is 321 Å². The zero-order chi connectivity index (χ0) is 45.8. The number of carbonyl (C=O) groups is 1. The van der Waals surface area contributed by atoms with Crippen LogP contribution in [0.1, 0.15) is 328 Å². The van der Waals surface area contributed by atoms with Gasteiger partial charge in [-0.25, -0.2) is 0 Å². The number of hydrogen-bond acceptors (Lipinski definition) is 4. The molecule has 5 nitrogen and oxygen atoms in total. The van der Waals surface area contributed by atoms with Crippen molar-refractivity contribution in [1.29, 1.82) is 0 Å². The number of aliphatic hydroxyl groups excluding tert-OH is 3. The van der Waals surface area contributed by atoms with E-state index in [4.69, 9.17) is 0 Å². The van der Waals surface area contributed by atoms with Crippen molar-refractivity contribution in [3.05, 3.63) is 12.2 Å². The minimum atomic E-state index is -1.09. The summed E-state index contributed by atoms with van der Waals surface area (Å²) in [4.78, 5) is 12.6. The minimum absolute atomic E-state index is 0.358. The van der Waals surface area contributed by atoms with Gasteiger partial charge in [-0.05, 0) is 19.3 Å². The molecular weight excluding hydrogens is 775 g/mol. The van der Waals surface area contributed by atoms with E-state index in [2.05, 4.69) is 19.2 Å². The summed E-state index contributed by atoms with van der Waals surface area (Å²) >= 11 is 0. The second-order valence-corrected chi connectivity index (χ2v) is 20.2. The van der Waals surface area contributed by atoms with Gasteiger partial charge in [0.1, 0.15) is 6.10 Å². The summed E-state index contributed by atoms with van der Waals surface area (Å²) in [6, 6.07) is -0.794. The van der Waals surface area contributed by atoms with Crippen molar-refractivity contribution in [3.8, 4) is 0 Å². The number of nitrogens with one attached hydrogen (secondary N) is 1. The van der Waals surface area contributed by atoms with Crippen LogP contribution in [0.15, 0.2) is 12.2 Å². The fraction of sp³-hybridized carbons (Fsp3) is 0.948. The highest BCUT2D eigenvalue weighted by molar-refractivity contribution is 5.80. The Labute approximate surface area is 395 Å². The molecule has 0 radical (unpaired) electrons. The van der Waals surface area contributed by atoms with E-state index in [1.54, 1.807) is 6.08 Å². The number of hydrogen-bond donors (Lipinski definition) is 4. The highest BCUT2D eigenvalue weighted by atomic mass is 16.3. The summed E-state index contributed by atoms with van der Waals surface area (Å²) in [5.41, 5.74) is 0. The molecule has 0 spiro atoms. The second kappa shape index (κ2) is 53.7. The van der Waals surface area contributed by atoms with Gasteiger partial charge in [0.25, 0.3) is 0 Å². The van der Waals surface area contributed by atoms with Gasteiger partial charge in [0.05, 0.1) is 18.8 Å². The third kappa shape index (κ3) is 48.8. The molecule has 5 heteroatoms. The van der Waals surface area contributed by atoms with Crippen molar-refractivity contribution < 1.29 is 20.1 Å². The van der Waals surface area contributed by atoms with Crippen molar-refractivity contribution in [2.45, 2.75) is 347 Å². The molecule has 0 aromatic carbocycles. The molecule has 0 aromatic heterocycles. The number of unbranched alkanes of at least 4 members (excludes halogenated alkanes) is 46. The maximum atomic E-state index is 12.6. The normalized spacial score (nSPS) is 13.3. The fourth-order valence-corrected chi connectivity index (χ4v) is 9.37. The first kappa shape index (κ1) is 62.1. The molecule has 0 aliphatic heterocycles. The van der Waals surface area contributed by atoms with Gasteiger partial charge >= 0.3 is 0 Å². The average Bonchev–Trinajstić information content (AvgIpc) is 3.29. The first-order chi connectivity index (χ1) is 31.1. The van der Waals surface area contributed by atoms with Crippen molar-refractivity contribution in [1.82, 2.24) is 5.32 Å². The van der Waals surface area contributed by atoms with Gasteiger partial charge in [-0.2, -0.15) is 0 Å². The molecule has 3 atom stereocenters. The molecule has 1 amide bonds. The summed E-state index contributed by atoms with van der Waals surface area (Å²) in [5, 5.41) is 33.4. The lowest BCUT2D eigenvalue weighted by atomic mass is 10.0. The van der Waals surface area contributed by atoms with Crippen LogP contribution in [0.3, 0.4) is 0 Å². The van der Waals surface area contributed by atoms with Crippen LogP contribution in [0.5, 0.6) is 0 Å². The zero-order valence-corrected chi connectivity index (χ0v) is 43.0. The van der Waals surface area contributed by atoms with Crippen LogP contribution in [0.25, 0.3) is 0 Å². The van der Waals surface area contributed by atoms with Crippen molar-refractivity contribution in [3.63, 3.8) is 0 Å². The highest BCUT2D eigenvalue weighted by Crippen LogP contribution is 2.18. The number of rotatable bonds is 54. The monoisotopic (exact) mass is 890 g/mol. The number of aliphatic hydroxyl groups is 3. The maximum absolute atomic E-state index is 12.6. The molecule has 0 saturated heterocycles. The predicted octanol–water partition coefficient (Wildman–Crippen LogP) is 17.9. The lowest BCUT2D eigenvalue weighted by molar-refractivity contribution is -0.131. The second-order valence-electron chi connectivity index (χ2n) is 20.2. The van der Waals surface area contributed by atoms with Crippen LogP contribution in [0, 0.1) is 0 Å². The van der Waals surface area contributed by atoms with Crippen LogP contribution in [0.2, 0.25) is 0 Å². The molecule has 0 bridgehead atoms. The lowest BCUT2D eigenvalue weighted by Crippen LogP contribution is -2.48. The number of allylic oxidation sites excluding steroid dienone is 1. The van der Waals surface area contributed by atoms with E-state index in [0.29, 0.717) is 6.42 Å². The fourth-order valence-electron chi connectivity index (χ4n) is 9.37. The first-order valence-electron chi connectivity index (χ1n) is 29.0. The standard InChI is InChI=1S/C58H115NO4/c1-3-5-7-9-11-13-15-17-19-21-23-25-26-27-28-29-30-31-32-33-35-37-39-41-43-45-47-49-51-53-57(62)58(63)59-55(54-60)56(61)52-50-48-46-44-42-40-38-36-34-24-22-20-18-16-14-12-10-8-6-4-2/h50,52,55-57,60-62H,3-49,51,53-54H2,1-2H3,(H,59,63)/b52-50+. The number of amides is 1. The van der Waals surface area contributed by atoms with Gasteiger partial charge in [-0.3, -0.25) is 4.79 Å². The van der Waals surface area contributed by atoms with E-state index in [1.165, 1.54) is 276 Å². The average molecular weight is 891 g/mol. The Balaban J connectivity index is 3.51. The Morgan fingerprint density at radius 1 is 0.381 bits per heavy atom. The van der Waals surface area contributed by atoms with E-state index < -0.39 is 24.2 Å². The zero-order valence-electron chi connectivity index (χ0n) is 43.0. The van der Waals surface area contributed by atoms with Crippen molar-refractivity contribution in [2.24, 2.45) is 0 Å². The molecule has 4 N–H and O–H groups in total. The van der Waals surface area contributed by atoms with Crippen molar-refractivity contribution in [2.75, 3.05) is 6.61 Å². The first-order valence-corrected chi connectivity index (χ1v) is 29.0. The molecule has 0 aliphatic rings. The predicted molar refractivity (Wildman–Crippen MR) is 278 cm³/mol. The van der Waals surface area contributed by atoms with Crippen LogP contribution >= 0.6 is 0 Å². The maximum Gasteiger partial charge on any atom is 0.249 e. The molecule has 376 valence electrons. The van der Waals surface area contributed by atoms with Crippen LogP contribution < -0.4 is 5.32 Å². The van der Waals surface area contributed by atoms with E-state index >= 15 is 0 Å². The lowest BCUT2D eigenvalue weighted by Gasteiger charge is -2.21. The molecular formula is C58H115NO4. The Morgan fingerprint density at radius 3 is 0.873 bits per heavy atom. The SMILES string of the molecule is CCCCCCCCCCCCCCCCCCCC/C=C/C(O)C(CO)NC(=O)C(O)CCCCCCCCCCCCCCCCCCCCCCCCCCCCCCC.